The summed E-state index contributed by atoms with van der Waals surface area (Å²) in [6.07, 6.45) is 5.35. The highest BCUT2D eigenvalue weighted by Gasteiger charge is 2.19. The molecule has 0 aliphatic carbocycles. The molecule has 10 heteroatoms. The second-order valence-corrected chi connectivity index (χ2v) is 6.21. The lowest BCUT2D eigenvalue weighted by Gasteiger charge is -2.07. The molecule has 1 amide bonds. The number of amides is 1. The van der Waals surface area contributed by atoms with E-state index >= 15 is 0 Å². The van der Waals surface area contributed by atoms with Gasteiger partial charge in [-0.1, -0.05) is 29.8 Å². The van der Waals surface area contributed by atoms with Crippen LogP contribution < -0.4 is 10.5 Å². The number of hydrogen-bond donors (Lipinski definition) is 2. The molecular weight excluding hydrogens is 394 g/mol. The van der Waals surface area contributed by atoms with E-state index in [1.165, 1.54) is 6.33 Å². The second kappa shape index (κ2) is 8.98. The molecule has 3 aromatic heterocycles. The Bertz CT molecular complexity index is 1110. The first-order chi connectivity index (χ1) is 14.1. The maximum atomic E-state index is 8.58. The van der Waals surface area contributed by atoms with Crippen LogP contribution in [0, 0.1) is 6.92 Å². The smallest absolute Gasteiger partial charge is 0.215 e. The van der Waals surface area contributed by atoms with Gasteiger partial charge in [0, 0.05) is 24.0 Å². The first kappa shape index (κ1) is 20.0. The van der Waals surface area contributed by atoms with Gasteiger partial charge in [-0.2, -0.15) is 10.2 Å². The van der Waals surface area contributed by atoms with E-state index in [2.05, 4.69) is 25.9 Å². The van der Waals surface area contributed by atoms with Crippen LogP contribution in [0.3, 0.4) is 0 Å². The summed E-state index contributed by atoms with van der Waals surface area (Å²) in [6, 6.07) is 9.40. The minimum absolute atomic E-state index is 0.250. The number of rotatable bonds is 4. The molecule has 9 nitrogen and oxygen atoms in total. The van der Waals surface area contributed by atoms with E-state index in [0.717, 1.165) is 22.4 Å². The van der Waals surface area contributed by atoms with Gasteiger partial charge in [-0.15, -0.1) is 0 Å². The molecule has 1 aromatic carbocycles. The number of pyridine rings is 1. The Labute approximate surface area is 171 Å². The zero-order chi connectivity index (χ0) is 20.8. The SMILES string of the molecule is COc1cc(-n2cc(-c3ncn[nH]3)c(-c3ccccc3Cl)n2)c(C)cn1.NC=O. The van der Waals surface area contributed by atoms with Crippen molar-refractivity contribution in [2.24, 2.45) is 5.73 Å². The zero-order valence-electron chi connectivity index (χ0n) is 15.7. The van der Waals surface area contributed by atoms with Crippen LogP contribution in [0.2, 0.25) is 5.02 Å². The summed E-state index contributed by atoms with van der Waals surface area (Å²) in [5.74, 6) is 1.13. The van der Waals surface area contributed by atoms with Crippen molar-refractivity contribution in [2.45, 2.75) is 6.92 Å². The number of H-pyrrole nitrogens is 1. The van der Waals surface area contributed by atoms with Gasteiger partial charge in [0.05, 0.1) is 23.4 Å². The first-order valence-electron chi connectivity index (χ1n) is 8.45. The van der Waals surface area contributed by atoms with E-state index in [1.807, 2.05) is 43.5 Å². The fourth-order valence-corrected chi connectivity index (χ4v) is 2.94. The minimum Gasteiger partial charge on any atom is -0.481 e. The lowest BCUT2D eigenvalue weighted by Crippen LogP contribution is -2.00. The summed E-state index contributed by atoms with van der Waals surface area (Å²) < 4.78 is 7.02. The number of aromatic nitrogens is 6. The fraction of sp³-hybridized carbons (Fsp3) is 0.105. The number of nitrogens with zero attached hydrogens (tertiary/aromatic N) is 5. The van der Waals surface area contributed by atoms with Crippen LogP contribution in [-0.2, 0) is 4.79 Å². The molecule has 0 fully saturated rings. The molecular formula is C19H18ClN7O2. The van der Waals surface area contributed by atoms with Gasteiger partial charge in [-0.3, -0.25) is 9.89 Å². The molecule has 0 unspecified atom stereocenters. The van der Waals surface area contributed by atoms with E-state index in [4.69, 9.17) is 26.2 Å². The molecule has 0 radical (unpaired) electrons. The van der Waals surface area contributed by atoms with Crippen LogP contribution >= 0.6 is 11.6 Å². The monoisotopic (exact) mass is 411 g/mol. The Morgan fingerprint density at radius 3 is 2.66 bits per heavy atom. The van der Waals surface area contributed by atoms with Gasteiger partial charge in [0.15, 0.2) is 5.82 Å². The van der Waals surface area contributed by atoms with E-state index in [9.17, 15) is 0 Å². The van der Waals surface area contributed by atoms with E-state index in [1.54, 1.807) is 18.0 Å². The van der Waals surface area contributed by atoms with E-state index in [0.29, 0.717) is 22.4 Å². The third-order valence-corrected chi connectivity index (χ3v) is 4.35. The number of carbonyl (C=O) groups is 1. The summed E-state index contributed by atoms with van der Waals surface area (Å²) in [5, 5.41) is 12.2. The standard InChI is InChI=1S/C18H15ClN6O.CH3NO/c1-11-8-20-16(26-2)7-15(11)25-9-13(18-21-10-22-23-18)17(24-25)12-5-3-4-6-14(12)19;2-1-3/h3-10H,1-2H3,(H,21,22,23);1H,(H2,2,3). The van der Waals surface area contributed by atoms with Gasteiger partial charge in [-0.05, 0) is 18.6 Å². The van der Waals surface area contributed by atoms with Crippen molar-refractivity contribution in [2.75, 3.05) is 7.11 Å². The van der Waals surface area contributed by atoms with Crippen LogP contribution in [-0.4, -0.2) is 43.5 Å². The van der Waals surface area contributed by atoms with E-state index < -0.39 is 0 Å². The maximum Gasteiger partial charge on any atom is 0.215 e. The van der Waals surface area contributed by atoms with Crippen molar-refractivity contribution >= 4 is 18.0 Å². The number of benzene rings is 1. The molecule has 148 valence electrons. The van der Waals surface area contributed by atoms with Crippen LogP contribution in [0.1, 0.15) is 5.56 Å². The molecule has 0 saturated carbocycles. The maximum absolute atomic E-state index is 8.58. The Hall–Kier alpha value is -3.72. The van der Waals surface area contributed by atoms with Gasteiger partial charge in [0.25, 0.3) is 0 Å². The largest absolute Gasteiger partial charge is 0.481 e. The average Bonchev–Trinajstić information content (AvgIpc) is 3.39. The van der Waals surface area contributed by atoms with E-state index in [-0.39, 0.29) is 6.41 Å². The molecule has 0 aliphatic heterocycles. The first-order valence-corrected chi connectivity index (χ1v) is 8.83. The van der Waals surface area contributed by atoms with Gasteiger partial charge in [0.2, 0.25) is 12.3 Å². The third-order valence-electron chi connectivity index (χ3n) is 4.02. The van der Waals surface area contributed by atoms with Gasteiger partial charge < -0.3 is 10.5 Å². The normalized spacial score (nSPS) is 10.2. The molecule has 0 saturated heterocycles. The number of ether oxygens (including phenoxy) is 1. The molecule has 29 heavy (non-hydrogen) atoms. The number of nitrogens with one attached hydrogen (secondary N) is 1. The Morgan fingerprint density at radius 2 is 2.00 bits per heavy atom. The number of aryl methyl sites for hydroxylation is 1. The molecule has 4 rings (SSSR count). The third kappa shape index (κ3) is 4.25. The van der Waals surface area contributed by atoms with Crippen molar-refractivity contribution in [3.8, 4) is 34.2 Å². The summed E-state index contributed by atoms with van der Waals surface area (Å²) in [7, 11) is 1.58. The van der Waals surface area contributed by atoms with Crippen molar-refractivity contribution < 1.29 is 9.53 Å². The molecule has 0 aliphatic rings. The van der Waals surface area contributed by atoms with Crippen molar-refractivity contribution in [3.63, 3.8) is 0 Å². The van der Waals surface area contributed by atoms with Crippen LogP contribution in [0.5, 0.6) is 5.88 Å². The lowest BCUT2D eigenvalue weighted by atomic mass is 10.1. The number of hydrogen-bond acceptors (Lipinski definition) is 6. The van der Waals surface area contributed by atoms with Crippen molar-refractivity contribution in [1.29, 1.82) is 0 Å². The Morgan fingerprint density at radius 1 is 1.24 bits per heavy atom. The Balaban J connectivity index is 0.000000755. The van der Waals surface area contributed by atoms with Crippen molar-refractivity contribution in [1.82, 2.24) is 29.9 Å². The zero-order valence-corrected chi connectivity index (χ0v) is 16.5. The summed E-state index contributed by atoms with van der Waals surface area (Å²) in [4.78, 5) is 17.1. The summed E-state index contributed by atoms with van der Waals surface area (Å²) in [6.45, 7) is 1.97. The number of methoxy groups -OCH3 is 1. The van der Waals surface area contributed by atoms with Crippen LogP contribution in [0.25, 0.3) is 28.3 Å². The van der Waals surface area contributed by atoms with Gasteiger partial charge in [-0.25, -0.2) is 14.6 Å². The molecule has 3 N–H and O–H groups in total. The molecule has 0 spiro atoms. The van der Waals surface area contributed by atoms with Gasteiger partial charge >= 0.3 is 0 Å². The minimum atomic E-state index is 0.250. The number of halogens is 1. The van der Waals surface area contributed by atoms with Gasteiger partial charge in [0.1, 0.15) is 12.0 Å². The number of primary amides is 1. The quantitative estimate of drug-likeness (QED) is 0.497. The Kier molecular flexibility index (Phi) is 6.20. The van der Waals surface area contributed by atoms with Crippen molar-refractivity contribution in [3.05, 3.63) is 59.6 Å². The molecule has 0 atom stereocenters. The molecule has 3 heterocycles. The number of carbonyl (C=O) groups excluding carboxylic acids is 1. The lowest BCUT2D eigenvalue weighted by molar-refractivity contribution is -0.106. The molecule has 0 bridgehead atoms. The summed E-state index contributed by atoms with van der Waals surface area (Å²) >= 11 is 6.40. The predicted molar refractivity (Wildman–Crippen MR) is 109 cm³/mol. The number of nitrogens with two attached hydrogens (primary N) is 1. The number of aromatic amines is 1. The summed E-state index contributed by atoms with van der Waals surface area (Å²) in [5.41, 5.74) is 8.31. The highest BCUT2D eigenvalue weighted by molar-refractivity contribution is 6.33. The predicted octanol–water partition coefficient (Wildman–Crippen LogP) is 2.79. The van der Waals surface area contributed by atoms with Crippen LogP contribution in [0.15, 0.2) is 49.1 Å². The highest BCUT2D eigenvalue weighted by Crippen LogP contribution is 2.34. The average molecular weight is 412 g/mol. The highest BCUT2D eigenvalue weighted by atomic mass is 35.5. The second-order valence-electron chi connectivity index (χ2n) is 5.80. The topological polar surface area (TPSA) is 125 Å². The molecule has 4 aromatic rings. The fourth-order valence-electron chi connectivity index (χ4n) is 2.71. The van der Waals surface area contributed by atoms with Crippen LogP contribution in [0.4, 0.5) is 0 Å².